The van der Waals surface area contributed by atoms with Gasteiger partial charge in [0.05, 0.1) is 20.3 Å². The van der Waals surface area contributed by atoms with E-state index in [2.05, 4.69) is 0 Å². The molecule has 0 aliphatic carbocycles. The van der Waals surface area contributed by atoms with Crippen LogP contribution in [0, 0.1) is 11.6 Å². The van der Waals surface area contributed by atoms with E-state index < -0.39 is 17.7 Å². The molecule has 1 saturated heterocycles. The minimum atomic E-state index is -0.938. The van der Waals surface area contributed by atoms with E-state index in [1.165, 1.54) is 13.2 Å². The van der Waals surface area contributed by atoms with Crippen molar-refractivity contribution in [3.05, 3.63) is 53.6 Å². The van der Waals surface area contributed by atoms with Gasteiger partial charge in [0.1, 0.15) is 11.5 Å². The lowest BCUT2D eigenvalue weighted by atomic mass is 10.1. The topological polar surface area (TPSA) is 42.0 Å². The highest BCUT2D eigenvalue weighted by Crippen LogP contribution is 2.28. The quantitative estimate of drug-likeness (QED) is 0.804. The summed E-state index contributed by atoms with van der Waals surface area (Å²) in [5.41, 5.74) is 0.900. The lowest BCUT2D eigenvalue weighted by molar-refractivity contribution is -0.125. The van der Waals surface area contributed by atoms with Crippen LogP contribution in [0.2, 0.25) is 0 Å². The summed E-state index contributed by atoms with van der Waals surface area (Å²) in [6.45, 7) is 2.84. The highest BCUT2D eigenvalue weighted by atomic mass is 19.2. The number of ether oxygens (including phenoxy) is 2. The van der Waals surface area contributed by atoms with E-state index in [1.807, 2.05) is 17.0 Å². The number of carbonyl (C=O) groups is 1. The molecule has 144 valence electrons. The van der Waals surface area contributed by atoms with Gasteiger partial charge in [-0.25, -0.2) is 8.78 Å². The zero-order chi connectivity index (χ0) is 19.6. The van der Waals surface area contributed by atoms with Gasteiger partial charge in [-0.15, -0.1) is 0 Å². The molecule has 27 heavy (non-hydrogen) atoms. The predicted molar refractivity (Wildman–Crippen MR) is 98.1 cm³/mol. The largest absolute Gasteiger partial charge is 0.497 e. The van der Waals surface area contributed by atoms with Gasteiger partial charge in [-0.2, -0.15) is 0 Å². The number of piperazine rings is 1. The first-order valence-corrected chi connectivity index (χ1v) is 8.66. The van der Waals surface area contributed by atoms with Crippen molar-refractivity contribution in [3.8, 4) is 11.5 Å². The fraction of sp³-hybridized carbons (Fsp3) is 0.350. The summed E-state index contributed by atoms with van der Waals surface area (Å²) < 4.78 is 38.2. The molecule has 3 rings (SSSR count). The van der Waals surface area contributed by atoms with E-state index in [9.17, 15) is 13.6 Å². The number of benzene rings is 2. The fourth-order valence-electron chi connectivity index (χ4n) is 3.27. The zero-order valence-electron chi connectivity index (χ0n) is 15.5. The molecular weight excluding hydrogens is 354 g/mol. The number of carbonyl (C=O) groups excluding carboxylic acids is 1. The number of rotatable bonds is 5. The predicted octanol–water partition coefficient (Wildman–Crippen LogP) is 3.22. The second-order valence-corrected chi connectivity index (χ2v) is 6.38. The maximum atomic E-state index is 14.3. The Morgan fingerprint density at radius 3 is 2.37 bits per heavy atom. The Balaban J connectivity index is 1.78. The Morgan fingerprint density at radius 2 is 1.74 bits per heavy atom. The Kier molecular flexibility index (Phi) is 5.60. The molecule has 0 aromatic heterocycles. The second kappa shape index (κ2) is 7.92. The van der Waals surface area contributed by atoms with Crippen LogP contribution >= 0.6 is 0 Å². The summed E-state index contributed by atoms with van der Waals surface area (Å²) >= 11 is 0. The van der Waals surface area contributed by atoms with Crippen molar-refractivity contribution in [2.75, 3.05) is 32.2 Å². The van der Waals surface area contributed by atoms with Crippen LogP contribution in [0.3, 0.4) is 0 Å². The Labute approximate surface area is 157 Å². The molecule has 0 spiro atoms. The minimum absolute atomic E-state index is 0.0934. The van der Waals surface area contributed by atoms with Gasteiger partial charge in [0.25, 0.3) is 0 Å². The number of amides is 1. The first-order valence-electron chi connectivity index (χ1n) is 8.66. The smallest absolute Gasteiger partial charge is 0.244 e. The van der Waals surface area contributed by atoms with Crippen molar-refractivity contribution in [3.63, 3.8) is 0 Å². The fourth-order valence-corrected chi connectivity index (χ4v) is 3.27. The molecule has 1 aliphatic rings. The number of hydrogen-bond acceptors (Lipinski definition) is 4. The third-order valence-corrected chi connectivity index (χ3v) is 4.90. The average molecular weight is 376 g/mol. The lowest BCUT2D eigenvalue weighted by Crippen LogP contribution is -2.55. The van der Waals surface area contributed by atoms with E-state index in [0.29, 0.717) is 18.8 Å². The van der Waals surface area contributed by atoms with Gasteiger partial charge in [0.15, 0.2) is 11.6 Å². The van der Waals surface area contributed by atoms with E-state index in [-0.39, 0.29) is 23.8 Å². The van der Waals surface area contributed by atoms with Crippen molar-refractivity contribution in [2.24, 2.45) is 0 Å². The highest BCUT2D eigenvalue weighted by Gasteiger charge is 2.33. The van der Waals surface area contributed by atoms with Crippen molar-refractivity contribution in [2.45, 2.75) is 19.5 Å². The van der Waals surface area contributed by atoms with Crippen LogP contribution in [0.25, 0.3) is 0 Å². The van der Waals surface area contributed by atoms with Crippen molar-refractivity contribution in [1.29, 1.82) is 0 Å². The number of halogens is 2. The molecule has 0 radical (unpaired) electrons. The molecule has 1 atom stereocenters. The molecular formula is C20H22F2N2O3. The number of anilines is 1. The summed E-state index contributed by atoms with van der Waals surface area (Å²) in [5.74, 6) is -0.979. The highest BCUT2D eigenvalue weighted by molar-refractivity contribution is 5.97. The van der Waals surface area contributed by atoms with Crippen LogP contribution < -0.4 is 14.4 Å². The first kappa shape index (κ1) is 19.1. The summed E-state index contributed by atoms with van der Waals surface area (Å²) in [6.07, 6.45) is 0. The van der Waals surface area contributed by atoms with Gasteiger partial charge < -0.3 is 14.4 Å². The second-order valence-electron chi connectivity index (χ2n) is 6.38. The molecule has 5 nitrogen and oxygen atoms in total. The molecule has 1 unspecified atom stereocenters. The maximum Gasteiger partial charge on any atom is 0.244 e. The van der Waals surface area contributed by atoms with E-state index in [4.69, 9.17) is 9.47 Å². The normalized spacial score (nSPS) is 17.9. The molecule has 2 aromatic carbocycles. The van der Waals surface area contributed by atoms with Gasteiger partial charge in [-0.05, 0) is 43.3 Å². The Morgan fingerprint density at radius 1 is 1.04 bits per heavy atom. The van der Waals surface area contributed by atoms with Crippen LogP contribution in [0.5, 0.6) is 11.5 Å². The maximum absolute atomic E-state index is 14.3. The third kappa shape index (κ3) is 3.73. The van der Waals surface area contributed by atoms with Gasteiger partial charge >= 0.3 is 0 Å². The summed E-state index contributed by atoms with van der Waals surface area (Å²) in [4.78, 5) is 16.4. The van der Waals surface area contributed by atoms with Crippen LogP contribution in [-0.4, -0.2) is 44.2 Å². The zero-order valence-corrected chi connectivity index (χ0v) is 15.5. The van der Waals surface area contributed by atoms with Crippen molar-refractivity contribution in [1.82, 2.24) is 4.90 Å². The average Bonchev–Trinajstić information content (AvgIpc) is 2.69. The Bertz CT molecular complexity index is 827. The first-order chi connectivity index (χ1) is 13.0. The molecule has 0 bridgehead atoms. The molecule has 0 N–H and O–H groups in total. The number of hydrogen-bond donors (Lipinski definition) is 0. The molecule has 2 aromatic rings. The molecule has 1 fully saturated rings. The summed E-state index contributed by atoms with van der Waals surface area (Å²) in [6, 6.07) is 9.21. The van der Waals surface area contributed by atoms with Gasteiger partial charge in [-0.3, -0.25) is 9.69 Å². The minimum Gasteiger partial charge on any atom is -0.497 e. The molecule has 7 heteroatoms. The van der Waals surface area contributed by atoms with Crippen LogP contribution in [-0.2, 0) is 11.3 Å². The van der Waals surface area contributed by atoms with Crippen LogP contribution in [0.4, 0.5) is 14.5 Å². The summed E-state index contributed by atoms with van der Waals surface area (Å²) in [7, 11) is 2.99. The third-order valence-electron chi connectivity index (χ3n) is 4.90. The molecule has 0 saturated carbocycles. The molecule has 1 aliphatic heterocycles. The van der Waals surface area contributed by atoms with Gasteiger partial charge in [0, 0.05) is 30.9 Å². The Hall–Kier alpha value is -2.67. The number of methoxy groups -OCH3 is 2. The van der Waals surface area contributed by atoms with Gasteiger partial charge in [-0.1, -0.05) is 0 Å². The monoisotopic (exact) mass is 376 g/mol. The van der Waals surface area contributed by atoms with Crippen LogP contribution in [0.1, 0.15) is 12.5 Å². The van der Waals surface area contributed by atoms with Crippen molar-refractivity contribution < 1.29 is 23.0 Å². The molecule has 1 heterocycles. The lowest BCUT2D eigenvalue weighted by Gasteiger charge is -2.39. The van der Waals surface area contributed by atoms with Crippen molar-refractivity contribution >= 4 is 11.6 Å². The van der Waals surface area contributed by atoms with Gasteiger partial charge in [0.2, 0.25) is 5.91 Å². The SMILES string of the molecule is COc1ccc(N2CCN(Cc3c(OC)ccc(F)c3F)C(C)C2=O)cc1. The van der Waals surface area contributed by atoms with Crippen LogP contribution in [0.15, 0.2) is 36.4 Å². The van der Waals surface area contributed by atoms with E-state index in [0.717, 1.165) is 11.8 Å². The summed E-state index contributed by atoms with van der Waals surface area (Å²) in [5, 5.41) is 0. The number of nitrogens with zero attached hydrogens (tertiary/aromatic N) is 2. The standard InChI is InChI=1S/C20H22F2N2O3/c1-13-20(25)24(14-4-6-15(26-2)7-5-14)11-10-23(13)12-16-18(27-3)9-8-17(21)19(16)22/h4-9,13H,10-12H2,1-3H3. The van der Waals surface area contributed by atoms with E-state index >= 15 is 0 Å². The van der Waals surface area contributed by atoms with E-state index in [1.54, 1.807) is 31.1 Å². The molecule has 1 amide bonds.